The number of fused-ring (bicyclic) bond motifs is 2. The Morgan fingerprint density at radius 3 is 2.60 bits per heavy atom. The third kappa shape index (κ3) is 2.48. The van der Waals surface area contributed by atoms with Gasteiger partial charge in [-0.3, -0.25) is 4.90 Å². The van der Waals surface area contributed by atoms with Gasteiger partial charge in [0.25, 0.3) is 0 Å². The summed E-state index contributed by atoms with van der Waals surface area (Å²) in [5, 5.41) is 0. The Morgan fingerprint density at radius 2 is 1.80 bits per heavy atom. The first-order valence-electron chi connectivity index (χ1n) is 10.1. The van der Waals surface area contributed by atoms with E-state index >= 15 is 0 Å². The van der Waals surface area contributed by atoms with Crippen LogP contribution in [-0.2, 0) is 19.2 Å². The van der Waals surface area contributed by atoms with Gasteiger partial charge in [0.1, 0.15) is 6.23 Å². The highest BCUT2D eigenvalue weighted by atomic mass is 32.2. The Hall–Kier alpha value is 0.150. The molecule has 0 radical (unpaired) electrons. The minimum Gasteiger partial charge on any atom is -0.331 e. The maximum atomic E-state index is 6.69. The van der Waals surface area contributed by atoms with Crippen molar-refractivity contribution in [3.8, 4) is 0 Å². The van der Waals surface area contributed by atoms with Crippen LogP contribution in [0.25, 0.3) is 0 Å². The van der Waals surface area contributed by atoms with E-state index in [9.17, 15) is 0 Å². The van der Waals surface area contributed by atoms with Crippen LogP contribution in [0.5, 0.6) is 0 Å². The van der Waals surface area contributed by atoms with Crippen molar-refractivity contribution < 1.29 is 19.2 Å². The zero-order valence-electron chi connectivity index (χ0n) is 15.6. The van der Waals surface area contributed by atoms with E-state index in [0.717, 1.165) is 25.9 Å². The minimum atomic E-state index is -0.666. The van der Waals surface area contributed by atoms with E-state index in [2.05, 4.69) is 18.7 Å². The number of rotatable bonds is 1. The second kappa shape index (κ2) is 6.08. The number of thioether (sulfide) groups is 1. The zero-order valence-corrected chi connectivity index (χ0v) is 16.4. The van der Waals surface area contributed by atoms with E-state index in [-0.39, 0.29) is 12.5 Å². The number of ether oxygens (including phenoxy) is 2. The van der Waals surface area contributed by atoms with Crippen LogP contribution in [0.4, 0.5) is 0 Å². The molecule has 1 aliphatic carbocycles. The van der Waals surface area contributed by atoms with Crippen LogP contribution >= 0.6 is 11.8 Å². The van der Waals surface area contributed by atoms with Crippen molar-refractivity contribution in [2.24, 2.45) is 23.7 Å². The predicted molar refractivity (Wildman–Crippen MR) is 95.7 cm³/mol. The van der Waals surface area contributed by atoms with Crippen molar-refractivity contribution >= 4 is 11.8 Å². The lowest BCUT2D eigenvalue weighted by atomic mass is 9.58. The molecule has 1 spiro atoms. The molecule has 0 aromatic rings. The van der Waals surface area contributed by atoms with Gasteiger partial charge in [-0.1, -0.05) is 13.8 Å². The molecule has 6 fully saturated rings. The molecule has 5 heterocycles. The molecular weight excluding hydrogens is 338 g/mol. The average molecular weight is 370 g/mol. The molecule has 6 heteroatoms. The summed E-state index contributed by atoms with van der Waals surface area (Å²) in [6, 6.07) is 0. The van der Waals surface area contributed by atoms with Gasteiger partial charge in [-0.05, 0) is 38.0 Å². The molecule has 0 aromatic heterocycles. The summed E-state index contributed by atoms with van der Waals surface area (Å²) in [7, 11) is 0. The Kier molecular flexibility index (Phi) is 4.20. The van der Waals surface area contributed by atoms with Crippen molar-refractivity contribution in [2.45, 2.75) is 70.4 Å². The molecule has 0 aromatic carbocycles. The third-order valence-electron chi connectivity index (χ3n) is 7.53. The van der Waals surface area contributed by atoms with E-state index in [1.54, 1.807) is 0 Å². The molecule has 2 unspecified atom stereocenters. The summed E-state index contributed by atoms with van der Waals surface area (Å²) in [5.41, 5.74) is -0.422. The van der Waals surface area contributed by atoms with E-state index in [1.807, 2.05) is 18.7 Å². The Bertz CT molecular complexity index is 530. The summed E-state index contributed by atoms with van der Waals surface area (Å²) in [5.74, 6) is 3.70. The molecule has 1 saturated carbocycles. The van der Waals surface area contributed by atoms with Gasteiger partial charge in [-0.2, -0.15) is 11.8 Å². The minimum absolute atomic E-state index is 0.141. The molecular formula is C19H31NO4S. The molecule has 6 rings (SSSR count). The molecule has 0 N–H and O–H groups in total. The quantitative estimate of drug-likeness (QED) is 0.661. The fourth-order valence-corrected chi connectivity index (χ4v) is 7.07. The van der Waals surface area contributed by atoms with E-state index < -0.39 is 11.4 Å². The fourth-order valence-electron chi connectivity index (χ4n) is 6.14. The number of hydrogen-bond donors (Lipinski definition) is 0. The van der Waals surface area contributed by atoms with Crippen LogP contribution < -0.4 is 0 Å². The van der Waals surface area contributed by atoms with Crippen LogP contribution in [0.1, 0.15) is 46.5 Å². The first-order valence-corrected chi connectivity index (χ1v) is 11.2. The van der Waals surface area contributed by atoms with Crippen LogP contribution in [-0.4, -0.2) is 53.4 Å². The van der Waals surface area contributed by atoms with Crippen LogP contribution in [0, 0.1) is 23.7 Å². The van der Waals surface area contributed by atoms with Gasteiger partial charge in [-0.15, -0.1) is 0 Å². The van der Waals surface area contributed by atoms with Gasteiger partial charge < -0.3 is 9.47 Å². The molecule has 142 valence electrons. The second-order valence-electron chi connectivity index (χ2n) is 8.94. The summed E-state index contributed by atoms with van der Waals surface area (Å²) < 4.78 is 13.1. The Balaban J connectivity index is 1.52. The van der Waals surface area contributed by atoms with Crippen LogP contribution in [0.15, 0.2) is 0 Å². The molecule has 8 atom stereocenters. The van der Waals surface area contributed by atoms with E-state index in [1.165, 1.54) is 24.3 Å². The van der Waals surface area contributed by atoms with Crippen molar-refractivity contribution in [1.82, 2.24) is 4.90 Å². The van der Waals surface area contributed by atoms with Gasteiger partial charge in [-0.25, -0.2) is 9.78 Å². The second-order valence-corrected chi connectivity index (χ2v) is 10.2. The molecule has 5 nitrogen and oxygen atoms in total. The molecule has 5 aliphatic heterocycles. The normalized spacial score (nSPS) is 56.3. The first kappa shape index (κ1) is 17.3. The average Bonchev–Trinajstić information content (AvgIpc) is 2.85. The summed E-state index contributed by atoms with van der Waals surface area (Å²) in [6.07, 6.45) is 4.28. The lowest BCUT2D eigenvalue weighted by molar-refractivity contribution is -0.574. The molecule has 6 aliphatic rings. The lowest BCUT2D eigenvalue weighted by Crippen LogP contribution is -2.72. The lowest BCUT2D eigenvalue weighted by Gasteiger charge is -2.61. The zero-order chi connectivity index (χ0) is 17.2. The van der Waals surface area contributed by atoms with Crippen molar-refractivity contribution in [3.63, 3.8) is 0 Å². The molecule has 5 saturated heterocycles. The molecule has 2 bridgehead atoms. The summed E-state index contributed by atoms with van der Waals surface area (Å²) in [4.78, 5) is 14.6. The SMILES string of the molecule is C[C@H]1[C@H](N2CCSCC2)O[C@@H]2OC3(C)CC[C@H]4[C@H](C)CC[C@@H]1C24OO3. The van der Waals surface area contributed by atoms with Crippen molar-refractivity contribution in [3.05, 3.63) is 0 Å². The van der Waals surface area contributed by atoms with Gasteiger partial charge in [0.2, 0.25) is 5.79 Å². The highest BCUT2D eigenvalue weighted by molar-refractivity contribution is 7.99. The third-order valence-corrected chi connectivity index (χ3v) is 8.47. The topological polar surface area (TPSA) is 40.2 Å². The number of nitrogens with zero attached hydrogens (tertiary/aromatic N) is 1. The van der Waals surface area contributed by atoms with Gasteiger partial charge in [0.15, 0.2) is 11.9 Å². The highest BCUT2D eigenvalue weighted by Crippen LogP contribution is 2.60. The number of hydrogen-bond acceptors (Lipinski definition) is 6. The summed E-state index contributed by atoms with van der Waals surface area (Å²) >= 11 is 2.05. The van der Waals surface area contributed by atoms with Crippen molar-refractivity contribution in [1.29, 1.82) is 0 Å². The van der Waals surface area contributed by atoms with Gasteiger partial charge >= 0.3 is 0 Å². The Labute approximate surface area is 155 Å². The van der Waals surface area contributed by atoms with E-state index in [4.69, 9.17) is 19.2 Å². The predicted octanol–water partition coefficient (Wildman–Crippen LogP) is 3.24. The van der Waals surface area contributed by atoms with Crippen molar-refractivity contribution in [2.75, 3.05) is 24.6 Å². The highest BCUT2D eigenvalue weighted by Gasteiger charge is 2.69. The molecule has 0 amide bonds. The van der Waals surface area contributed by atoms with Crippen LogP contribution in [0.2, 0.25) is 0 Å². The Morgan fingerprint density at radius 1 is 1.00 bits per heavy atom. The van der Waals surface area contributed by atoms with Gasteiger partial charge in [0, 0.05) is 42.9 Å². The smallest absolute Gasteiger partial charge is 0.201 e. The standard InChI is InChI=1S/C19H31NO4S/c1-12-4-5-15-13(2)16(20-8-10-25-11-9-20)21-17-19(15)14(12)6-7-18(3,22-17)23-24-19/h12-17H,4-11H2,1-3H3/t12-,13-,14+,15+,16-,17-,18?,19?/m1/s1. The molecule has 25 heavy (non-hydrogen) atoms. The van der Waals surface area contributed by atoms with E-state index in [0.29, 0.717) is 23.7 Å². The van der Waals surface area contributed by atoms with Gasteiger partial charge in [0.05, 0.1) is 0 Å². The van der Waals surface area contributed by atoms with Crippen LogP contribution in [0.3, 0.4) is 0 Å². The fraction of sp³-hybridized carbons (Fsp3) is 1.00. The largest absolute Gasteiger partial charge is 0.331 e. The monoisotopic (exact) mass is 369 g/mol. The summed E-state index contributed by atoms with van der Waals surface area (Å²) in [6.45, 7) is 8.96. The maximum absolute atomic E-state index is 6.69. The maximum Gasteiger partial charge on any atom is 0.201 e. The first-order chi connectivity index (χ1) is 12.0.